The van der Waals surface area contributed by atoms with Crippen LogP contribution < -0.4 is 0 Å². The SMILES string of the molecule is Cc1nc(CN2CCCCCC2C(=O)O)no1. The number of aliphatic carboxylic acids is 1. The molecule has 1 saturated heterocycles. The van der Waals surface area contributed by atoms with Crippen molar-refractivity contribution >= 4 is 5.97 Å². The highest BCUT2D eigenvalue weighted by atomic mass is 16.5. The first-order chi connectivity index (χ1) is 8.16. The van der Waals surface area contributed by atoms with Crippen molar-refractivity contribution < 1.29 is 14.4 Å². The summed E-state index contributed by atoms with van der Waals surface area (Å²) in [7, 11) is 0. The first kappa shape index (κ1) is 12.0. The summed E-state index contributed by atoms with van der Waals surface area (Å²) in [6.45, 7) is 2.96. The Bertz CT molecular complexity index is 391. The molecular formula is C11H17N3O3. The number of rotatable bonds is 3. The molecule has 1 aliphatic heterocycles. The Morgan fingerprint density at radius 3 is 3.00 bits per heavy atom. The molecule has 1 aliphatic rings. The van der Waals surface area contributed by atoms with Crippen molar-refractivity contribution in [3.63, 3.8) is 0 Å². The van der Waals surface area contributed by atoms with Gasteiger partial charge in [0.05, 0.1) is 6.54 Å². The van der Waals surface area contributed by atoms with Crippen LogP contribution in [-0.4, -0.2) is 38.7 Å². The van der Waals surface area contributed by atoms with E-state index in [1.54, 1.807) is 6.92 Å². The standard InChI is InChI=1S/C11H17N3O3/c1-8-12-10(13-17-8)7-14-6-4-2-3-5-9(14)11(15)16/h9H,2-7H2,1H3,(H,15,16). The van der Waals surface area contributed by atoms with Crippen molar-refractivity contribution in [3.05, 3.63) is 11.7 Å². The van der Waals surface area contributed by atoms with Gasteiger partial charge in [0.2, 0.25) is 5.89 Å². The quantitative estimate of drug-likeness (QED) is 0.854. The Morgan fingerprint density at radius 1 is 1.53 bits per heavy atom. The van der Waals surface area contributed by atoms with Crippen molar-refractivity contribution in [2.45, 2.75) is 45.2 Å². The summed E-state index contributed by atoms with van der Waals surface area (Å²) in [5.41, 5.74) is 0. The van der Waals surface area contributed by atoms with E-state index in [1.807, 2.05) is 4.90 Å². The van der Waals surface area contributed by atoms with Gasteiger partial charge >= 0.3 is 5.97 Å². The van der Waals surface area contributed by atoms with E-state index in [9.17, 15) is 9.90 Å². The molecule has 94 valence electrons. The second-order valence-corrected chi connectivity index (χ2v) is 4.40. The molecule has 0 saturated carbocycles. The van der Waals surface area contributed by atoms with Crippen molar-refractivity contribution in [1.29, 1.82) is 0 Å². The zero-order valence-corrected chi connectivity index (χ0v) is 9.93. The minimum atomic E-state index is -0.757. The molecule has 17 heavy (non-hydrogen) atoms. The van der Waals surface area contributed by atoms with Crippen LogP contribution in [0.15, 0.2) is 4.52 Å². The van der Waals surface area contributed by atoms with Gasteiger partial charge in [0, 0.05) is 6.92 Å². The Morgan fingerprint density at radius 2 is 2.35 bits per heavy atom. The summed E-state index contributed by atoms with van der Waals surface area (Å²) in [5, 5.41) is 13.0. The molecule has 1 unspecified atom stereocenters. The summed E-state index contributed by atoms with van der Waals surface area (Å²) in [4.78, 5) is 17.3. The molecule has 0 amide bonds. The first-order valence-corrected chi connectivity index (χ1v) is 5.93. The lowest BCUT2D eigenvalue weighted by Gasteiger charge is -2.24. The van der Waals surface area contributed by atoms with E-state index in [-0.39, 0.29) is 0 Å². The summed E-state index contributed by atoms with van der Waals surface area (Å²) < 4.78 is 4.90. The second-order valence-electron chi connectivity index (χ2n) is 4.40. The van der Waals surface area contributed by atoms with Gasteiger partial charge in [-0.05, 0) is 19.4 Å². The zero-order chi connectivity index (χ0) is 12.3. The maximum atomic E-state index is 11.2. The molecule has 0 bridgehead atoms. The summed E-state index contributed by atoms with van der Waals surface area (Å²) in [6, 6.07) is -0.420. The molecule has 2 heterocycles. The maximum absolute atomic E-state index is 11.2. The van der Waals surface area contributed by atoms with Crippen LogP contribution in [0.4, 0.5) is 0 Å². The van der Waals surface area contributed by atoms with Gasteiger partial charge < -0.3 is 9.63 Å². The first-order valence-electron chi connectivity index (χ1n) is 5.93. The van der Waals surface area contributed by atoms with Crippen molar-refractivity contribution in [2.24, 2.45) is 0 Å². The van der Waals surface area contributed by atoms with Gasteiger partial charge in [0.25, 0.3) is 0 Å². The maximum Gasteiger partial charge on any atom is 0.320 e. The fourth-order valence-electron chi connectivity index (χ4n) is 2.22. The number of hydrogen-bond acceptors (Lipinski definition) is 5. The van der Waals surface area contributed by atoms with Crippen LogP contribution in [0.5, 0.6) is 0 Å². The molecule has 1 atom stereocenters. The third-order valence-corrected chi connectivity index (χ3v) is 3.06. The van der Waals surface area contributed by atoms with E-state index in [1.165, 1.54) is 0 Å². The highest BCUT2D eigenvalue weighted by Gasteiger charge is 2.27. The van der Waals surface area contributed by atoms with Crippen LogP contribution in [0.1, 0.15) is 37.4 Å². The molecule has 0 spiro atoms. The number of carbonyl (C=O) groups is 1. The van der Waals surface area contributed by atoms with Gasteiger partial charge in [0.15, 0.2) is 5.82 Å². The van der Waals surface area contributed by atoms with Crippen molar-refractivity contribution in [1.82, 2.24) is 15.0 Å². The molecule has 1 N–H and O–H groups in total. The fraction of sp³-hybridized carbons (Fsp3) is 0.727. The molecule has 0 radical (unpaired) electrons. The van der Waals surface area contributed by atoms with E-state index in [0.29, 0.717) is 24.7 Å². The van der Waals surface area contributed by atoms with E-state index in [2.05, 4.69) is 10.1 Å². The number of likely N-dealkylation sites (tertiary alicyclic amines) is 1. The normalized spacial score (nSPS) is 22.3. The molecule has 1 aromatic rings. The minimum Gasteiger partial charge on any atom is -0.480 e. The van der Waals surface area contributed by atoms with Crippen molar-refractivity contribution in [3.8, 4) is 0 Å². The molecule has 0 aromatic carbocycles. The van der Waals surface area contributed by atoms with Crippen molar-refractivity contribution in [2.75, 3.05) is 6.54 Å². The van der Waals surface area contributed by atoms with Crippen LogP contribution in [0.25, 0.3) is 0 Å². The molecule has 2 rings (SSSR count). The smallest absolute Gasteiger partial charge is 0.320 e. The third kappa shape index (κ3) is 3.03. The Hall–Kier alpha value is -1.43. The lowest BCUT2D eigenvalue weighted by molar-refractivity contribution is -0.143. The summed E-state index contributed by atoms with van der Waals surface area (Å²) in [5.74, 6) is 0.324. The molecule has 6 nitrogen and oxygen atoms in total. The molecule has 1 fully saturated rings. The average Bonchev–Trinajstić information content (AvgIpc) is 2.55. The van der Waals surface area contributed by atoms with E-state index in [0.717, 1.165) is 25.8 Å². The number of carboxylic acid groups (broad SMARTS) is 1. The zero-order valence-electron chi connectivity index (χ0n) is 9.93. The van der Waals surface area contributed by atoms with Crippen LogP contribution in [0, 0.1) is 6.92 Å². The van der Waals surface area contributed by atoms with Gasteiger partial charge in [-0.15, -0.1) is 0 Å². The van der Waals surface area contributed by atoms with Gasteiger partial charge in [-0.1, -0.05) is 18.0 Å². The molecule has 0 aliphatic carbocycles. The number of carboxylic acids is 1. The highest BCUT2D eigenvalue weighted by Crippen LogP contribution is 2.18. The van der Waals surface area contributed by atoms with Gasteiger partial charge in [0.1, 0.15) is 6.04 Å². The van der Waals surface area contributed by atoms with E-state index < -0.39 is 12.0 Å². The largest absolute Gasteiger partial charge is 0.480 e. The van der Waals surface area contributed by atoms with Gasteiger partial charge in [-0.2, -0.15) is 4.98 Å². The lowest BCUT2D eigenvalue weighted by atomic mass is 10.1. The topological polar surface area (TPSA) is 79.5 Å². The van der Waals surface area contributed by atoms with E-state index >= 15 is 0 Å². The Balaban J connectivity index is 2.07. The number of nitrogens with zero attached hydrogens (tertiary/aromatic N) is 3. The predicted octanol–water partition coefficient (Wildman–Crippen LogP) is 1.21. The lowest BCUT2D eigenvalue weighted by Crippen LogP contribution is -2.40. The Kier molecular flexibility index (Phi) is 3.73. The average molecular weight is 239 g/mol. The van der Waals surface area contributed by atoms with Crippen LogP contribution in [0.3, 0.4) is 0 Å². The summed E-state index contributed by atoms with van der Waals surface area (Å²) in [6.07, 6.45) is 3.79. The Labute approximate surface area is 99.6 Å². The monoisotopic (exact) mass is 239 g/mol. The van der Waals surface area contributed by atoms with Crippen LogP contribution in [-0.2, 0) is 11.3 Å². The molecule has 1 aromatic heterocycles. The number of aromatic nitrogens is 2. The molecular weight excluding hydrogens is 222 g/mol. The fourth-order valence-corrected chi connectivity index (χ4v) is 2.22. The molecule has 6 heteroatoms. The van der Waals surface area contributed by atoms with Crippen LogP contribution >= 0.6 is 0 Å². The number of aryl methyl sites for hydroxylation is 1. The second kappa shape index (κ2) is 5.27. The third-order valence-electron chi connectivity index (χ3n) is 3.06. The van der Waals surface area contributed by atoms with Crippen LogP contribution in [0.2, 0.25) is 0 Å². The summed E-state index contributed by atoms with van der Waals surface area (Å²) >= 11 is 0. The highest BCUT2D eigenvalue weighted by molar-refractivity contribution is 5.73. The number of hydrogen-bond donors (Lipinski definition) is 1. The minimum absolute atomic E-state index is 0.420. The van der Waals surface area contributed by atoms with E-state index in [4.69, 9.17) is 4.52 Å². The predicted molar refractivity (Wildman–Crippen MR) is 59.3 cm³/mol. The van der Waals surface area contributed by atoms with Gasteiger partial charge in [-0.25, -0.2) is 0 Å². The van der Waals surface area contributed by atoms with Gasteiger partial charge in [-0.3, -0.25) is 9.69 Å².